The maximum Gasteiger partial charge on any atom is 0.242 e. The third kappa shape index (κ3) is 4.69. The van der Waals surface area contributed by atoms with Gasteiger partial charge in [-0.05, 0) is 42.5 Å². The van der Waals surface area contributed by atoms with Crippen molar-refractivity contribution >= 4 is 16.0 Å². The van der Waals surface area contributed by atoms with E-state index >= 15 is 0 Å². The van der Waals surface area contributed by atoms with Crippen LogP contribution in [0.4, 0.5) is 5.95 Å². The molecule has 1 aromatic heterocycles. The maximum absolute atomic E-state index is 12.9. The average Bonchev–Trinajstić information content (AvgIpc) is 3.47. The number of hydrogen-bond acceptors (Lipinski definition) is 9. The first-order valence-electron chi connectivity index (χ1n) is 11.0. The smallest absolute Gasteiger partial charge is 0.242 e. The van der Waals surface area contributed by atoms with E-state index in [1.165, 1.54) is 12.1 Å². The van der Waals surface area contributed by atoms with Crippen molar-refractivity contribution in [1.29, 1.82) is 5.26 Å². The van der Waals surface area contributed by atoms with Crippen molar-refractivity contribution in [2.45, 2.75) is 29.2 Å². The van der Waals surface area contributed by atoms with Crippen LogP contribution in [0.15, 0.2) is 65.7 Å². The first-order valence-corrected chi connectivity index (χ1v) is 12.5. The molecule has 35 heavy (non-hydrogen) atoms. The van der Waals surface area contributed by atoms with Gasteiger partial charge in [-0.2, -0.15) is 5.26 Å². The molecule has 2 aliphatic heterocycles. The van der Waals surface area contributed by atoms with Gasteiger partial charge in [0.2, 0.25) is 16.0 Å². The summed E-state index contributed by atoms with van der Waals surface area (Å²) in [6, 6.07) is 16.5. The van der Waals surface area contributed by atoms with Gasteiger partial charge in [0, 0.05) is 11.8 Å². The van der Waals surface area contributed by atoms with Gasteiger partial charge in [-0.15, -0.1) is 0 Å². The van der Waals surface area contributed by atoms with Crippen LogP contribution < -0.4 is 14.8 Å². The molecule has 0 spiro atoms. The minimum atomic E-state index is -3.93. The Morgan fingerprint density at radius 2 is 1.74 bits per heavy atom. The summed E-state index contributed by atoms with van der Waals surface area (Å²) in [4.78, 5) is 8.84. The molecule has 2 fully saturated rings. The van der Waals surface area contributed by atoms with E-state index in [9.17, 15) is 13.7 Å². The van der Waals surface area contributed by atoms with Crippen LogP contribution in [0.1, 0.15) is 5.56 Å². The second kappa shape index (κ2) is 9.59. The molecule has 0 unspecified atom stereocenters. The van der Waals surface area contributed by atoms with Gasteiger partial charge >= 0.3 is 0 Å². The molecule has 2 saturated heterocycles. The Morgan fingerprint density at radius 1 is 1.03 bits per heavy atom. The van der Waals surface area contributed by atoms with E-state index in [0.29, 0.717) is 12.6 Å². The van der Waals surface area contributed by atoms with Crippen molar-refractivity contribution < 1.29 is 22.6 Å². The van der Waals surface area contributed by atoms with Crippen LogP contribution in [0.2, 0.25) is 0 Å². The molecule has 2 aliphatic rings. The highest BCUT2D eigenvalue weighted by Gasteiger charge is 2.49. The predicted octanol–water partition coefficient (Wildman–Crippen LogP) is 1.95. The topological polar surface area (TPSA) is 135 Å². The lowest BCUT2D eigenvalue weighted by molar-refractivity contribution is 0.0690. The number of nitriles is 1. The minimum absolute atomic E-state index is 0.0673. The summed E-state index contributed by atoms with van der Waals surface area (Å²) in [6.07, 6.45) is 0.796. The van der Waals surface area contributed by atoms with Crippen LogP contribution in [-0.4, -0.2) is 63.0 Å². The van der Waals surface area contributed by atoms with Crippen molar-refractivity contribution in [2.24, 2.45) is 0 Å². The summed E-state index contributed by atoms with van der Waals surface area (Å²) < 4.78 is 45.5. The lowest BCUT2D eigenvalue weighted by Crippen LogP contribution is -2.44. The Bertz CT molecular complexity index is 1360. The maximum atomic E-state index is 12.9. The zero-order valence-corrected chi connectivity index (χ0v) is 19.6. The third-order valence-corrected chi connectivity index (χ3v) is 7.56. The number of nitrogens with one attached hydrogen (secondary N) is 2. The zero-order chi connectivity index (χ0) is 24.4. The van der Waals surface area contributed by atoms with Gasteiger partial charge in [0.15, 0.2) is 0 Å². The highest BCUT2D eigenvalue weighted by atomic mass is 32.2. The van der Waals surface area contributed by atoms with Crippen LogP contribution in [0, 0.1) is 11.3 Å². The molecule has 0 saturated carbocycles. The first-order chi connectivity index (χ1) is 17.0. The fourth-order valence-corrected chi connectivity index (χ4v) is 5.69. The SMILES string of the molecule is COc1ccc(-c2ccnc(N[C@@H]3CO[C@@H]4[C@@H]3OC[C@@H]4NS(=O)(=O)c3ccccc3C#N)n2)cc1. The van der Waals surface area contributed by atoms with E-state index in [2.05, 4.69) is 20.0 Å². The number of sulfonamides is 1. The van der Waals surface area contributed by atoms with Gasteiger partial charge in [-0.1, -0.05) is 12.1 Å². The van der Waals surface area contributed by atoms with Crippen LogP contribution in [-0.2, 0) is 19.5 Å². The summed E-state index contributed by atoms with van der Waals surface area (Å²) in [7, 11) is -2.31. The Balaban J connectivity index is 1.27. The Kier molecular flexibility index (Phi) is 6.36. The van der Waals surface area contributed by atoms with Gasteiger partial charge in [0.05, 0.1) is 48.6 Å². The normalized spacial score (nSPS) is 23.4. The quantitative estimate of drug-likeness (QED) is 0.506. The Morgan fingerprint density at radius 3 is 2.49 bits per heavy atom. The molecule has 5 rings (SSSR count). The third-order valence-electron chi connectivity index (χ3n) is 6.01. The second-order valence-corrected chi connectivity index (χ2v) is 9.86. The molecule has 180 valence electrons. The van der Waals surface area contributed by atoms with E-state index in [0.717, 1.165) is 17.0 Å². The van der Waals surface area contributed by atoms with Gasteiger partial charge in [-0.25, -0.2) is 23.1 Å². The lowest BCUT2D eigenvalue weighted by Gasteiger charge is -2.19. The van der Waals surface area contributed by atoms with E-state index in [-0.39, 0.29) is 29.2 Å². The zero-order valence-electron chi connectivity index (χ0n) is 18.8. The number of benzene rings is 2. The molecule has 2 N–H and O–H groups in total. The largest absolute Gasteiger partial charge is 0.497 e. The van der Waals surface area contributed by atoms with E-state index in [1.54, 1.807) is 25.4 Å². The molecule has 2 aromatic carbocycles. The van der Waals surface area contributed by atoms with Gasteiger partial charge in [0.1, 0.15) is 24.0 Å². The van der Waals surface area contributed by atoms with Crippen molar-refractivity contribution in [1.82, 2.24) is 14.7 Å². The van der Waals surface area contributed by atoms with Crippen molar-refractivity contribution in [3.8, 4) is 23.1 Å². The van der Waals surface area contributed by atoms with E-state index < -0.39 is 22.2 Å². The number of hydrogen-bond donors (Lipinski definition) is 2. The number of fused-ring (bicyclic) bond motifs is 1. The van der Waals surface area contributed by atoms with E-state index in [1.807, 2.05) is 36.4 Å². The molecule has 0 bridgehead atoms. The Labute approximate surface area is 202 Å². The molecule has 0 amide bonds. The summed E-state index contributed by atoms with van der Waals surface area (Å²) in [5.74, 6) is 1.18. The summed E-state index contributed by atoms with van der Waals surface area (Å²) in [6.45, 7) is 0.451. The Hall–Kier alpha value is -3.56. The second-order valence-electron chi connectivity index (χ2n) is 8.18. The average molecular weight is 494 g/mol. The molecule has 0 aliphatic carbocycles. The molecule has 3 aromatic rings. The van der Waals surface area contributed by atoms with Crippen molar-refractivity contribution in [3.63, 3.8) is 0 Å². The van der Waals surface area contributed by atoms with Gasteiger partial charge in [0.25, 0.3) is 0 Å². The molecule has 11 heteroatoms. The van der Waals surface area contributed by atoms with E-state index in [4.69, 9.17) is 14.2 Å². The number of nitrogens with zero attached hydrogens (tertiary/aromatic N) is 3. The monoisotopic (exact) mass is 493 g/mol. The van der Waals surface area contributed by atoms with Gasteiger partial charge < -0.3 is 19.5 Å². The fraction of sp³-hybridized carbons (Fsp3) is 0.292. The lowest BCUT2D eigenvalue weighted by atomic mass is 10.1. The highest BCUT2D eigenvalue weighted by molar-refractivity contribution is 7.89. The molecule has 10 nitrogen and oxygen atoms in total. The molecular formula is C24H23N5O5S. The molecular weight excluding hydrogens is 470 g/mol. The van der Waals surface area contributed by atoms with Crippen LogP contribution in [0.3, 0.4) is 0 Å². The van der Waals surface area contributed by atoms with Crippen LogP contribution in [0.5, 0.6) is 5.75 Å². The number of methoxy groups -OCH3 is 1. The highest BCUT2D eigenvalue weighted by Crippen LogP contribution is 2.30. The predicted molar refractivity (Wildman–Crippen MR) is 126 cm³/mol. The number of rotatable bonds is 7. The first kappa shape index (κ1) is 23.2. The summed E-state index contributed by atoms with van der Waals surface area (Å²) in [5.41, 5.74) is 1.74. The molecule has 0 radical (unpaired) electrons. The standard InChI is InChI=1S/C24H23N5O5S/c1-32-17-8-6-15(7-9-17)18-10-11-26-24(27-18)28-19-13-33-23-20(14-34-22(19)23)29-35(30,31)21-5-3-2-4-16(21)12-25/h2-11,19-20,22-23,29H,13-14H2,1H3,(H,26,27,28)/t19-,20+,22-,23+/m1/s1. The fourth-order valence-electron chi connectivity index (χ4n) is 4.30. The summed E-state index contributed by atoms with van der Waals surface area (Å²) in [5, 5.41) is 12.5. The molecule has 4 atom stereocenters. The number of aromatic nitrogens is 2. The number of anilines is 1. The van der Waals surface area contributed by atoms with Crippen molar-refractivity contribution in [3.05, 3.63) is 66.4 Å². The van der Waals surface area contributed by atoms with Crippen molar-refractivity contribution in [2.75, 3.05) is 25.6 Å². The van der Waals surface area contributed by atoms with Gasteiger partial charge in [-0.3, -0.25) is 0 Å². The summed E-state index contributed by atoms with van der Waals surface area (Å²) >= 11 is 0. The number of ether oxygens (including phenoxy) is 3. The van der Waals surface area contributed by atoms with Crippen LogP contribution in [0.25, 0.3) is 11.3 Å². The molecule has 3 heterocycles. The minimum Gasteiger partial charge on any atom is -0.497 e. The van der Waals surface area contributed by atoms with Crippen LogP contribution >= 0.6 is 0 Å².